The van der Waals surface area contributed by atoms with E-state index >= 15 is 0 Å². The van der Waals surface area contributed by atoms with Crippen LogP contribution in [0, 0.1) is 0 Å². The van der Waals surface area contributed by atoms with Crippen LogP contribution in [0.25, 0.3) is 0 Å². The van der Waals surface area contributed by atoms with Crippen LogP contribution in [-0.4, -0.2) is 24.5 Å². The minimum Gasteiger partial charge on any atom is -0.497 e. The molecule has 0 unspecified atom stereocenters. The third kappa shape index (κ3) is 5.09. The summed E-state index contributed by atoms with van der Waals surface area (Å²) in [5.74, 6) is 0.710. The van der Waals surface area contributed by atoms with Gasteiger partial charge in [0.25, 0.3) is 5.91 Å². The summed E-state index contributed by atoms with van der Waals surface area (Å²) in [5.41, 5.74) is 3.71. The molecule has 26 heavy (non-hydrogen) atoms. The van der Waals surface area contributed by atoms with Crippen LogP contribution in [0.4, 0.5) is 11.4 Å². The Labute approximate surface area is 154 Å². The van der Waals surface area contributed by atoms with Crippen molar-refractivity contribution in [3.05, 3.63) is 59.9 Å². The minimum atomic E-state index is -0.0905. The highest BCUT2D eigenvalue weighted by Gasteiger charge is 2.08. The molecule has 1 aliphatic rings. The molecule has 1 amide bonds. The number of amides is 1. The second-order valence-corrected chi connectivity index (χ2v) is 6.43. The number of methoxy groups -OCH3 is 1. The zero-order valence-electron chi connectivity index (χ0n) is 15.1. The lowest BCUT2D eigenvalue weighted by atomic mass is 9.97. The molecule has 3 rings (SSSR count). The summed E-state index contributed by atoms with van der Waals surface area (Å²) in [7, 11) is 1.64. The molecule has 136 valence electrons. The Bertz CT molecular complexity index is 769. The molecule has 0 spiro atoms. The lowest BCUT2D eigenvalue weighted by molar-refractivity contribution is 0.0953. The number of rotatable bonds is 7. The average Bonchev–Trinajstić information content (AvgIpc) is 2.69. The van der Waals surface area contributed by atoms with Crippen LogP contribution in [0.15, 0.2) is 54.4 Å². The van der Waals surface area contributed by atoms with Crippen molar-refractivity contribution < 1.29 is 9.53 Å². The summed E-state index contributed by atoms with van der Waals surface area (Å²) < 4.78 is 5.15. The second kappa shape index (κ2) is 9.04. The predicted molar refractivity (Wildman–Crippen MR) is 104 cm³/mol. The summed E-state index contributed by atoms with van der Waals surface area (Å²) in [5, 5.41) is 6.24. The lowest BCUT2D eigenvalue weighted by Gasteiger charge is -2.13. The number of hydrogen-bond acceptors (Lipinski definition) is 4. The summed E-state index contributed by atoms with van der Waals surface area (Å²) in [6.45, 7) is 0.667. The molecule has 0 fully saturated rings. The van der Waals surface area contributed by atoms with Crippen LogP contribution in [0.2, 0.25) is 0 Å². The number of hydrogen-bond donors (Lipinski definition) is 2. The summed E-state index contributed by atoms with van der Waals surface area (Å²) in [6.07, 6.45) is 11.4. The fourth-order valence-electron chi connectivity index (χ4n) is 3.04. The van der Waals surface area contributed by atoms with Crippen LogP contribution in [-0.2, 0) is 0 Å². The van der Waals surface area contributed by atoms with Crippen molar-refractivity contribution in [3.63, 3.8) is 0 Å². The zero-order valence-corrected chi connectivity index (χ0v) is 15.1. The quantitative estimate of drug-likeness (QED) is 0.723. The topological polar surface area (TPSA) is 63.2 Å². The number of allylic oxidation sites excluding steroid dienone is 1. The summed E-state index contributed by atoms with van der Waals surface area (Å²) >= 11 is 0. The van der Waals surface area contributed by atoms with E-state index in [4.69, 9.17) is 4.74 Å². The number of carbonyl (C=O) groups excluding carboxylic acids is 1. The predicted octanol–water partition coefficient (Wildman–Crippen LogP) is 4.45. The highest BCUT2D eigenvalue weighted by atomic mass is 16.5. The fourth-order valence-corrected chi connectivity index (χ4v) is 3.04. The highest BCUT2D eigenvalue weighted by molar-refractivity contribution is 5.94. The molecule has 1 aromatic heterocycles. The van der Waals surface area contributed by atoms with E-state index < -0.39 is 0 Å². The van der Waals surface area contributed by atoms with Gasteiger partial charge in [-0.05, 0) is 62.4 Å². The van der Waals surface area contributed by atoms with Crippen molar-refractivity contribution in [1.29, 1.82) is 0 Å². The summed E-state index contributed by atoms with van der Waals surface area (Å²) in [4.78, 5) is 16.5. The Kier molecular flexibility index (Phi) is 6.25. The molecule has 5 heteroatoms. The monoisotopic (exact) mass is 351 g/mol. The van der Waals surface area contributed by atoms with Crippen LogP contribution < -0.4 is 15.4 Å². The highest BCUT2D eigenvalue weighted by Crippen LogP contribution is 2.21. The normalized spacial score (nSPS) is 13.7. The van der Waals surface area contributed by atoms with Gasteiger partial charge in [0.15, 0.2) is 0 Å². The number of pyridine rings is 1. The number of benzene rings is 1. The van der Waals surface area contributed by atoms with E-state index in [9.17, 15) is 4.79 Å². The smallest absolute Gasteiger partial charge is 0.252 e. The molecule has 0 saturated carbocycles. The first kappa shape index (κ1) is 18.0. The van der Waals surface area contributed by atoms with Gasteiger partial charge in [0.05, 0.1) is 24.6 Å². The zero-order chi connectivity index (χ0) is 18.2. The van der Waals surface area contributed by atoms with E-state index in [1.165, 1.54) is 31.3 Å². The average molecular weight is 351 g/mol. The molecule has 5 nitrogen and oxygen atoms in total. The van der Waals surface area contributed by atoms with Crippen molar-refractivity contribution in [3.8, 4) is 5.75 Å². The molecule has 0 radical (unpaired) electrons. The molecule has 0 bridgehead atoms. The molecule has 1 heterocycles. The van der Waals surface area contributed by atoms with E-state index in [2.05, 4.69) is 21.7 Å². The van der Waals surface area contributed by atoms with Crippen molar-refractivity contribution >= 4 is 17.3 Å². The van der Waals surface area contributed by atoms with Gasteiger partial charge in [-0.15, -0.1) is 0 Å². The third-order valence-electron chi connectivity index (χ3n) is 4.50. The first-order valence-electron chi connectivity index (χ1n) is 9.07. The van der Waals surface area contributed by atoms with Gasteiger partial charge in [0.2, 0.25) is 0 Å². The number of anilines is 2. The van der Waals surface area contributed by atoms with Crippen LogP contribution in [0.5, 0.6) is 5.75 Å². The number of nitrogens with one attached hydrogen (secondary N) is 2. The Morgan fingerprint density at radius 2 is 2.00 bits per heavy atom. The van der Waals surface area contributed by atoms with E-state index in [1.807, 2.05) is 30.3 Å². The molecule has 1 aliphatic carbocycles. The maximum atomic E-state index is 12.4. The Hall–Kier alpha value is -2.82. The Balaban J connectivity index is 1.55. The van der Waals surface area contributed by atoms with E-state index in [0.29, 0.717) is 12.1 Å². The maximum absolute atomic E-state index is 12.4. The Morgan fingerprint density at radius 3 is 2.73 bits per heavy atom. The van der Waals surface area contributed by atoms with Gasteiger partial charge in [-0.3, -0.25) is 9.78 Å². The largest absolute Gasteiger partial charge is 0.497 e. The van der Waals surface area contributed by atoms with Crippen LogP contribution in [0.3, 0.4) is 0 Å². The molecular weight excluding hydrogens is 326 g/mol. The van der Waals surface area contributed by atoms with Crippen LogP contribution >= 0.6 is 0 Å². The van der Waals surface area contributed by atoms with E-state index in [-0.39, 0.29) is 5.91 Å². The molecule has 0 atom stereocenters. The van der Waals surface area contributed by atoms with Gasteiger partial charge >= 0.3 is 0 Å². The third-order valence-corrected chi connectivity index (χ3v) is 4.50. The standard InChI is InChI=1S/C21H25N3O2/c1-26-20-9-7-18(8-10-20)24-19-13-17(14-22-15-19)21(25)23-12-11-16-5-3-2-4-6-16/h5,7-10,13-15,24H,2-4,6,11-12H2,1H3,(H,23,25). The maximum Gasteiger partial charge on any atom is 0.252 e. The second-order valence-electron chi connectivity index (χ2n) is 6.43. The lowest BCUT2D eigenvalue weighted by Crippen LogP contribution is -2.25. The van der Waals surface area contributed by atoms with Crippen molar-refractivity contribution in [2.75, 3.05) is 19.0 Å². The molecule has 2 aromatic rings. The van der Waals surface area contributed by atoms with Gasteiger partial charge in [-0.2, -0.15) is 0 Å². The number of carbonyl (C=O) groups is 1. The Morgan fingerprint density at radius 1 is 1.15 bits per heavy atom. The molecule has 0 saturated heterocycles. The fraction of sp³-hybridized carbons (Fsp3) is 0.333. The van der Waals surface area contributed by atoms with Crippen molar-refractivity contribution in [2.24, 2.45) is 0 Å². The molecule has 2 N–H and O–H groups in total. The van der Waals surface area contributed by atoms with Crippen molar-refractivity contribution in [2.45, 2.75) is 32.1 Å². The van der Waals surface area contributed by atoms with Gasteiger partial charge in [-0.25, -0.2) is 0 Å². The molecule has 0 aliphatic heterocycles. The minimum absolute atomic E-state index is 0.0905. The first-order valence-corrected chi connectivity index (χ1v) is 9.07. The van der Waals surface area contributed by atoms with E-state index in [0.717, 1.165) is 23.5 Å². The van der Waals surface area contributed by atoms with Gasteiger partial charge < -0.3 is 15.4 Å². The number of nitrogens with zero attached hydrogens (tertiary/aromatic N) is 1. The van der Waals surface area contributed by atoms with E-state index in [1.54, 1.807) is 19.5 Å². The summed E-state index contributed by atoms with van der Waals surface area (Å²) in [6, 6.07) is 9.41. The first-order chi connectivity index (χ1) is 12.7. The SMILES string of the molecule is COc1ccc(Nc2cncc(C(=O)NCCC3=CCCCC3)c2)cc1. The molecule has 1 aromatic carbocycles. The van der Waals surface area contributed by atoms with Crippen molar-refractivity contribution in [1.82, 2.24) is 10.3 Å². The van der Waals surface area contributed by atoms with Gasteiger partial charge in [0, 0.05) is 18.4 Å². The number of ether oxygens (including phenoxy) is 1. The van der Waals surface area contributed by atoms with Crippen LogP contribution in [0.1, 0.15) is 42.5 Å². The molecular formula is C21H25N3O2. The number of aromatic nitrogens is 1. The van der Waals surface area contributed by atoms with Gasteiger partial charge in [-0.1, -0.05) is 11.6 Å². The van der Waals surface area contributed by atoms with Gasteiger partial charge in [0.1, 0.15) is 5.75 Å².